The number of carbonyl (C=O) groups excluding carboxylic acids is 1. The number of hydrogen-bond donors (Lipinski definition) is 2. The highest BCUT2D eigenvalue weighted by molar-refractivity contribution is 5.70. The lowest BCUT2D eigenvalue weighted by atomic mass is 9.88. The Hall–Kier alpha value is -1.30. The van der Waals surface area contributed by atoms with Crippen LogP contribution in [0.25, 0.3) is 0 Å². The number of rotatable bonds is 5. The fraction of sp³-hybridized carbons (Fsp3) is 0.875. The van der Waals surface area contributed by atoms with Crippen molar-refractivity contribution in [3.8, 4) is 0 Å². The van der Waals surface area contributed by atoms with Gasteiger partial charge in [-0.15, -0.1) is 0 Å². The molecule has 0 bridgehead atoms. The maximum Gasteiger partial charge on any atom is 0.410 e. The summed E-state index contributed by atoms with van der Waals surface area (Å²) in [5, 5.41) is 11.9. The van der Waals surface area contributed by atoms with Gasteiger partial charge in [0.1, 0.15) is 5.60 Å². The van der Waals surface area contributed by atoms with Crippen molar-refractivity contribution in [3.05, 3.63) is 0 Å². The SMILES string of the molecule is CC(C)N(C(=O)OC(C)(C)C)[C@H]1CCCC[C@H]1NCC(=O)O. The smallest absolute Gasteiger partial charge is 0.410 e. The number of nitrogens with zero attached hydrogens (tertiary/aromatic N) is 1. The molecule has 0 aromatic carbocycles. The minimum atomic E-state index is -0.877. The van der Waals surface area contributed by atoms with E-state index in [1.807, 2.05) is 34.6 Å². The molecule has 1 aliphatic rings. The van der Waals surface area contributed by atoms with Crippen molar-refractivity contribution in [1.82, 2.24) is 10.2 Å². The summed E-state index contributed by atoms with van der Waals surface area (Å²) in [5.41, 5.74) is -0.539. The molecule has 0 radical (unpaired) electrons. The van der Waals surface area contributed by atoms with Crippen LogP contribution in [0.15, 0.2) is 0 Å². The van der Waals surface area contributed by atoms with Crippen LogP contribution in [0.5, 0.6) is 0 Å². The summed E-state index contributed by atoms with van der Waals surface area (Å²) in [6.45, 7) is 9.40. The van der Waals surface area contributed by atoms with Crippen LogP contribution in [0.4, 0.5) is 4.79 Å². The van der Waals surface area contributed by atoms with Crippen LogP contribution < -0.4 is 5.32 Å². The van der Waals surface area contributed by atoms with Gasteiger partial charge >= 0.3 is 12.1 Å². The maximum atomic E-state index is 12.5. The lowest BCUT2D eigenvalue weighted by molar-refractivity contribution is -0.136. The molecule has 0 saturated heterocycles. The van der Waals surface area contributed by atoms with E-state index < -0.39 is 11.6 Å². The van der Waals surface area contributed by atoms with E-state index in [1.165, 1.54) is 0 Å². The molecule has 1 saturated carbocycles. The molecule has 0 aromatic rings. The van der Waals surface area contributed by atoms with Crippen LogP contribution in [0, 0.1) is 0 Å². The molecule has 2 atom stereocenters. The van der Waals surface area contributed by atoms with Crippen molar-refractivity contribution >= 4 is 12.1 Å². The molecule has 0 unspecified atom stereocenters. The lowest BCUT2D eigenvalue weighted by Gasteiger charge is -2.42. The molecular formula is C16H30N2O4. The first kappa shape index (κ1) is 18.7. The van der Waals surface area contributed by atoms with E-state index in [1.54, 1.807) is 4.90 Å². The number of carbonyl (C=O) groups is 2. The number of ether oxygens (including phenoxy) is 1. The second-order valence-corrected chi connectivity index (χ2v) is 7.21. The Morgan fingerprint density at radius 1 is 1.27 bits per heavy atom. The molecule has 6 nitrogen and oxygen atoms in total. The van der Waals surface area contributed by atoms with Gasteiger partial charge in [0.05, 0.1) is 12.6 Å². The van der Waals surface area contributed by atoms with Gasteiger partial charge in [0, 0.05) is 12.1 Å². The number of hydrogen-bond acceptors (Lipinski definition) is 4. The van der Waals surface area contributed by atoms with Crippen molar-refractivity contribution in [1.29, 1.82) is 0 Å². The van der Waals surface area contributed by atoms with E-state index >= 15 is 0 Å². The third-order valence-corrected chi connectivity index (χ3v) is 3.76. The fourth-order valence-corrected chi connectivity index (χ4v) is 2.94. The van der Waals surface area contributed by atoms with Gasteiger partial charge in [0.2, 0.25) is 0 Å². The van der Waals surface area contributed by atoms with E-state index in [9.17, 15) is 9.59 Å². The first-order chi connectivity index (χ1) is 10.1. The highest BCUT2D eigenvalue weighted by Gasteiger charge is 2.36. The van der Waals surface area contributed by atoms with E-state index in [4.69, 9.17) is 9.84 Å². The number of aliphatic carboxylic acids is 1. The zero-order valence-corrected chi connectivity index (χ0v) is 14.4. The summed E-state index contributed by atoms with van der Waals surface area (Å²) in [7, 11) is 0. The van der Waals surface area contributed by atoms with E-state index in [2.05, 4.69) is 5.32 Å². The first-order valence-electron chi connectivity index (χ1n) is 8.08. The third kappa shape index (κ3) is 5.83. The van der Waals surface area contributed by atoms with Crippen LogP contribution in [-0.2, 0) is 9.53 Å². The monoisotopic (exact) mass is 314 g/mol. The molecule has 0 aliphatic heterocycles. The Morgan fingerprint density at radius 3 is 2.36 bits per heavy atom. The molecule has 1 aliphatic carbocycles. The number of carboxylic acid groups (broad SMARTS) is 1. The molecule has 1 amide bonds. The van der Waals surface area contributed by atoms with Crippen LogP contribution in [-0.4, -0.2) is 52.3 Å². The van der Waals surface area contributed by atoms with Crippen molar-refractivity contribution in [2.24, 2.45) is 0 Å². The van der Waals surface area contributed by atoms with Gasteiger partial charge in [-0.3, -0.25) is 4.79 Å². The Kier molecular flexibility index (Phi) is 6.66. The minimum absolute atomic E-state index is 0.000214. The number of amides is 1. The summed E-state index contributed by atoms with van der Waals surface area (Å²) in [4.78, 5) is 25.1. The summed E-state index contributed by atoms with van der Waals surface area (Å²) in [6.07, 6.45) is 3.52. The molecule has 22 heavy (non-hydrogen) atoms. The van der Waals surface area contributed by atoms with Gasteiger partial charge in [-0.05, 0) is 47.5 Å². The fourth-order valence-electron chi connectivity index (χ4n) is 2.94. The number of carboxylic acids is 1. The zero-order valence-electron chi connectivity index (χ0n) is 14.4. The third-order valence-electron chi connectivity index (χ3n) is 3.76. The predicted octanol–water partition coefficient (Wildman–Crippen LogP) is 2.62. The maximum absolute atomic E-state index is 12.5. The minimum Gasteiger partial charge on any atom is -0.480 e. The van der Waals surface area contributed by atoms with Crippen molar-refractivity contribution < 1.29 is 19.4 Å². The molecule has 0 spiro atoms. The molecule has 1 rings (SSSR count). The van der Waals surface area contributed by atoms with Crippen LogP contribution in [0.3, 0.4) is 0 Å². The largest absolute Gasteiger partial charge is 0.480 e. The molecule has 2 N–H and O–H groups in total. The highest BCUT2D eigenvalue weighted by Crippen LogP contribution is 2.26. The Morgan fingerprint density at radius 2 is 1.86 bits per heavy atom. The van der Waals surface area contributed by atoms with Gasteiger partial charge < -0.3 is 20.1 Å². The Bertz CT molecular complexity index is 390. The Balaban J connectivity index is 2.85. The Labute approximate surface area is 133 Å². The summed E-state index contributed by atoms with van der Waals surface area (Å²) in [5.74, 6) is -0.877. The van der Waals surface area contributed by atoms with E-state index in [0.717, 1.165) is 25.7 Å². The van der Waals surface area contributed by atoms with Crippen molar-refractivity contribution in [3.63, 3.8) is 0 Å². The number of nitrogens with one attached hydrogen (secondary N) is 1. The highest BCUT2D eigenvalue weighted by atomic mass is 16.6. The second kappa shape index (κ2) is 7.81. The van der Waals surface area contributed by atoms with E-state index in [-0.39, 0.29) is 30.8 Å². The summed E-state index contributed by atoms with van der Waals surface area (Å²) < 4.78 is 5.53. The molecule has 128 valence electrons. The van der Waals surface area contributed by atoms with Gasteiger partial charge in [0.25, 0.3) is 0 Å². The molecular weight excluding hydrogens is 284 g/mol. The summed E-state index contributed by atoms with van der Waals surface area (Å²) in [6, 6.07) is -0.0187. The topological polar surface area (TPSA) is 78.9 Å². The van der Waals surface area contributed by atoms with Crippen LogP contribution in [0.2, 0.25) is 0 Å². The van der Waals surface area contributed by atoms with Crippen LogP contribution >= 0.6 is 0 Å². The van der Waals surface area contributed by atoms with Gasteiger partial charge in [-0.25, -0.2) is 4.79 Å². The lowest BCUT2D eigenvalue weighted by Crippen LogP contribution is -2.57. The quantitative estimate of drug-likeness (QED) is 0.815. The average Bonchev–Trinajstić information content (AvgIpc) is 2.35. The summed E-state index contributed by atoms with van der Waals surface area (Å²) >= 11 is 0. The predicted molar refractivity (Wildman–Crippen MR) is 84.9 cm³/mol. The van der Waals surface area contributed by atoms with Gasteiger partial charge in [0.15, 0.2) is 0 Å². The molecule has 0 heterocycles. The average molecular weight is 314 g/mol. The normalized spacial score (nSPS) is 22.5. The van der Waals surface area contributed by atoms with Crippen molar-refractivity contribution in [2.75, 3.05) is 6.54 Å². The van der Waals surface area contributed by atoms with Crippen molar-refractivity contribution in [2.45, 2.75) is 84.0 Å². The standard InChI is InChI=1S/C16H30N2O4/c1-11(2)18(15(21)22-16(3,4)5)13-9-7-6-8-12(13)17-10-14(19)20/h11-13,17H,6-10H2,1-5H3,(H,19,20)/t12-,13+/m1/s1. The van der Waals surface area contributed by atoms with Gasteiger partial charge in [-0.2, -0.15) is 0 Å². The molecule has 0 aromatic heterocycles. The second-order valence-electron chi connectivity index (χ2n) is 7.21. The zero-order chi connectivity index (χ0) is 16.9. The van der Waals surface area contributed by atoms with Crippen LogP contribution in [0.1, 0.15) is 60.3 Å². The first-order valence-corrected chi connectivity index (χ1v) is 8.08. The molecule has 6 heteroatoms. The molecule has 1 fully saturated rings. The van der Waals surface area contributed by atoms with Gasteiger partial charge in [-0.1, -0.05) is 12.8 Å². The van der Waals surface area contributed by atoms with E-state index in [0.29, 0.717) is 0 Å².